The molecule has 0 bridgehead atoms. The van der Waals surface area contributed by atoms with E-state index in [0.29, 0.717) is 23.7 Å². The second-order valence-electron chi connectivity index (χ2n) is 5.52. The Morgan fingerprint density at radius 2 is 2.18 bits per heavy atom. The van der Waals surface area contributed by atoms with E-state index in [4.69, 9.17) is 9.15 Å². The van der Waals surface area contributed by atoms with Crippen molar-refractivity contribution in [2.75, 3.05) is 13.2 Å². The van der Waals surface area contributed by atoms with Gasteiger partial charge in [-0.1, -0.05) is 6.07 Å². The number of aryl methyl sites for hydroxylation is 2. The van der Waals surface area contributed by atoms with Crippen molar-refractivity contribution in [1.29, 1.82) is 0 Å². The normalized spacial score (nSPS) is 14.3. The highest BCUT2D eigenvalue weighted by molar-refractivity contribution is 5.95. The van der Waals surface area contributed by atoms with E-state index in [1.807, 2.05) is 18.2 Å². The Labute approximate surface area is 128 Å². The van der Waals surface area contributed by atoms with Gasteiger partial charge in [-0.3, -0.25) is 4.79 Å². The van der Waals surface area contributed by atoms with Crippen LogP contribution in [0, 0.1) is 13.8 Å². The summed E-state index contributed by atoms with van der Waals surface area (Å²) in [6.07, 6.45) is 0.110. The second kappa shape index (κ2) is 5.85. The van der Waals surface area contributed by atoms with Crippen LogP contribution in [0.1, 0.15) is 39.1 Å². The molecule has 2 N–H and O–H groups in total. The number of nitrogens with one attached hydrogen (secondary N) is 1. The molecule has 2 heterocycles. The van der Waals surface area contributed by atoms with Gasteiger partial charge in [0.05, 0.1) is 18.3 Å². The summed E-state index contributed by atoms with van der Waals surface area (Å²) in [5, 5.41) is 13.0. The first-order chi connectivity index (χ1) is 10.5. The van der Waals surface area contributed by atoms with Gasteiger partial charge in [0.15, 0.2) is 0 Å². The fraction of sp³-hybridized carbons (Fsp3) is 0.353. The summed E-state index contributed by atoms with van der Waals surface area (Å²) in [5.41, 5.74) is 2.39. The number of carbonyl (C=O) groups is 1. The van der Waals surface area contributed by atoms with E-state index in [9.17, 15) is 9.90 Å². The summed E-state index contributed by atoms with van der Waals surface area (Å²) < 4.78 is 10.8. The predicted octanol–water partition coefficient (Wildman–Crippen LogP) is 2.29. The third-order valence-electron chi connectivity index (χ3n) is 3.84. The molecule has 0 aliphatic carbocycles. The van der Waals surface area contributed by atoms with Crippen LogP contribution in [0.3, 0.4) is 0 Å². The van der Waals surface area contributed by atoms with Crippen molar-refractivity contribution in [1.82, 2.24) is 5.32 Å². The maximum Gasteiger partial charge on any atom is 0.254 e. The molecule has 1 atom stereocenters. The second-order valence-corrected chi connectivity index (χ2v) is 5.52. The number of benzene rings is 1. The van der Waals surface area contributed by atoms with Crippen molar-refractivity contribution >= 4 is 5.91 Å². The molecular formula is C17H19NO4. The zero-order chi connectivity index (χ0) is 15.7. The topological polar surface area (TPSA) is 71.7 Å². The first-order valence-corrected chi connectivity index (χ1v) is 7.33. The Hall–Kier alpha value is -2.27. The molecular weight excluding hydrogens is 282 g/mol. The van der Waals surface area contributed by atoms with Crippen molar-refractivity contribution in [3.8, 4) is 5.75 Å². The molecule has 1 amide bonds. The van der Waals surface area contributed by atoms with Gasteiger partial charge in [0.25, 0.3) is 5.91 Å². The lowest BCUT2D eigenvalue weighted by Gasteiger charge is -2.13. The largest absolute Gasteiger partial charge is 0.493 e. The van der Waals surface area contributed by atoms with Gasteiger partial charge in [-0.05, 0) is 43.2 Å². The zero-order valence-corrected chi connectivity index (χ0v) is 12.7. The summed E-state index contributed by atoms with van der Waals surface area (Å²) in [6.45, 7) is 4.39. The van der Waals surface area contributed by atoms with Crippen LogP contribution in [0.2, 0.25) is 0 Å². The van der Waals surface area contributed by atoms with Gasteiger partial charge in [-0.15, -0.1) is 0 Å². The summed E-state index contributed by atoms with van der Waals surface area (Å²) in [7, 11) is 0. The number of fused-ring (bicyclic) bond motifs is 1. The summed E-state index contributed by atoms with van der Waals surface area (Å²) in [6, 6.07) is 7.33. The quantitative estimate of drug-likeness (QED) is 0.909. The monoisotopic (exact) mass is 301 g/mol. The first kappa shape index (κ1) is 14.7. The van der Waals surface area contributed by atoms with E-state index in [-0.39, 0.29) is 12.5 Å². The van der Waals surface area contributed by atoms with Crippen molar-refractivity contribution in [2.45, 2.75) is 26.4 Å². The van der Waals surface area contributed by atoms with Gasteiger partial charge in [0, 0.05) is 13.0 Å². The molecule has 0 unspecified atom stereocenters. The maximum absolute atomic E-state index is 12.1. The standard InChI is InChI=1S/C17H19NO4/c1-10-7-14(11(2)22-10)17(20)18-9-15(19)12-3-4-16-13(8-12)5-6-21-16/h3-4,7-8,15,19H,5-6,9H2,1-2H3,(H,18,20)/t15-/m0/s1. The van der Waals surface area contributed by atoms with E-state index in [0.717, 1.165) is 23.3 Å². The van der Waals surface area contributed by atoms with Gasteiger partial charge in [-0.2, -0.15) is 0 Å². The van der Waals surface area contributed by atoms with Gasteiger partial charge >= 0.3 is 0 Å². The Balaban J connectivity index is 1.63. The van der Waals surface area contributed by atoms with Gasteiger partial charge in [0.2, 0.25) is 0 Å². The number of hydrogen-bond donors (Lipinski definition) is 2. The highest BCUT2D eigenvalue weighted by Gasteiger charge is 2.18. The Morgan fingerprint density at radius 3 is 2.91 bits per heavy atom. The first-order valence-electron chi connectivity index (χ1n) is 7.33. The van der Waals surface area contributed by atoms with Crippen LogP contribution in [0.25, 0.3) is 0 Å². The van der Waals surface area contributed by atoms with Crippen LogP contribution in [0.4, 0.5) is 0 Å². The molecule has 5 heteroatoms. The van der Waals surface area contributed by atoms with Crippen LogP contribution >= 0.6 is 0 Å². The third-order valence-corrected chi connectivity index (χ3v) is 3.84. The summed E-state index contributed by atoms with van der Waals surface area (Å²) >= 11 is 0. The van der Waals surface area contributed by atoms with Gasteiger partial charge in [-0.25, -0.2) is 0 Å². The van der Waals surface area contributed by atoms with Crippen molar-refractivity contribution in [2.24, 2.45) is 0 Å². The number of amides is 1. The zero-order valence-electron chi connectivity index (χ0n) is 12.7. The molecule has 0 saturated carbocycles. The molecule has 5 nitrogen and oxygen atoms in total. The number of aliphatic hydroxyl groups excluding tert-OH is 1. The van der Waals surface area contributed by atoms with Crippen LogP contribution in [0.15, 0.2) is 28.7 Å². The molecule has 0 radical (unpaired) electrons. The molecule has 1 aromatic heterocycles. The van der Waals surface area contributed by atoms with Crippen LogP contribution in [-0.2, 0) is 6.42 Å². The molecule has 3 rings (SSSR count). The molecule has 22 heavy (non-hydrogen) atoms. The van der Waals surface area contributed by atoms with Crippen LogP contribution < -0.4 is 10.1 Å². The molecule has 1 aliphatic rings. The summed E-state index contributed by atoms with van der Waals surface area (Å²) in [4.78, 5) is 12.1. The maximum atomic E-state index is 12.1. The van der Waals surface area contributed by atoms with Crippen LogP contribution in [0.5, 0.6) is 5.75 Å². The Morgan fingerprint density at radius 1 is 1.36 bits per heavy atom. The number of rotatable bonds is 4. The van der Waals surface area contributed by atoms with Crippen LogP contribution in [-0.4, -0.2) is 24.2 Å². The molecule has 1 aliphatic heterocycles. The number of aliphatic hydroxyl groups is 1. The van der Waals surface area contributed by atoms with Crippen molar-refractivity contribution < 1.29 is 19.1 Å². The summed E-state index contributed by atoms with van der Waals surface area (Å²) in [5.74, 6) is 1.92. The lowest BCUT2D eigenvalue weighted by Crippen LogP contribution is -2.28. The predicted molar refractivity (Wildman–Crippen MR) is 81.1 cm³/mol. The Bertz CT molecular complexity index is 705. The SMILES string of the molecule is Cc1cc(C(=O)NC[C@H](O)c2ccc3c(c2)CCO3)c(C)o1. The highest BCUT2D eigenvalue weighted by Crippen LogP contribution is 2.28. The van der Waals surface area contributed by atoms with Crippen molar-refractivity contribution in [3.63, 3.8) is 0 Å². The molecule has 0 spiro atoms. The van der Waals surface area contributed by atoms with E-state index >= 15 is 0 Å². The average molecular weight is 301 g/mol. The van der Waals surface area contributed by atoms with E-state index < -0.39 is 6.10 Å². The fourth-order valence-corrected chi connectivity index (χ4v) is 2.67. The number of ether oxygens (including phenoxy) is 1. The molecule has 0 saturated heterocycles. The minimum atomic E-state index is -0.747. The molecule has 1 aromatic carbocycles. The van der Waals surface area contributed by atoms with Gasteiger partial charge in [0.1, 0.15) is 17.3 Å². The van der Waals surface area contributed by atoms with Gasteiger partial charge < -0.3 is 19.6 Å². The molecule has 0 fully saturated rings. The number of furan rings is 1. The minimum Gasteiger partial charge on any atom is -0.493 e. The van der Waals surface area contributed by atoms with E-state index in [1.165, 1.54) is 0 Å². The average Bonchev–Trinajstić information content (AvgIpc) is 3.09. The molecule has 2 aromatic rings. The lowest BCUT2D eigenvalue weighted by atomic mass is 10.0. The highest BCUT2D eigenvalue weighted by atomic mass is 16.5. The number of carbonyl (C=O) groups excluding carboxylic acids is 1. The lowest BCUT2D eigenvalue weighted by molar-refractivity contribution is 0.0914. The fourth-order valence-electron chi connectivity index (χ4n) is 2.67. The minimum absolute atomic E-state index is 0.155. The van der Waals surface area contributed by atoms with E-state index in [1.54, 1.807) is 19.9 Å². The van der Waals surface area contributed by atoms with E-state index in [2.05, 4.69) is 5.32 Å². The molecule has 116 valence electrons. The third kappa shape index (κ3) is 2.85. The smallest absolute Gasteiger partial charge is 0.254 e. The number of hydrogen-bond acceptors (Lipinski definition) is 4. The Kier molecular flexibility index (Phi) is 3.90. The van der Waals surface area contributed by atoms with Crippen molar-refractivity contribution in [3.05, 3.63) is 52.5 Å².